The van der Waals surface area contributed by atoms with E-state index in [1.54, 1.807) is 24.3 Å². The van der Waals surface area contributed by atoms with Gasteiger partial charge in [-0.1, -0.05) is 0 Å². The zero-order valence-electron chi connectivity index (χ0n) is 20.9. The van der Waals surface area contributed by atoms with Crippen LogP contribution in [0.1, 0.15) is 21.6 Å². The maximum atomic E-state index is 13.1. The van der Waals surface area contributed by atoms with Crippen LogP contribution in [-0.4, -0.2) is 31.1 Å². The van der Waals surface area contributed by atoms with E-state index in [-0.39, 0.29) is 27.9 Å². The molecule has 6 aromatic rings. The lowest BCUT2D eigenvalue weighted by molar-refractivity contribution is -0.138. The van der Waals surface area contributed by atoms with Crippen molar-refractivity contribution in [1.29, 1.82) is 0 Å². The van der Waals surface area contributed by atoms with Gasteiger partial charge in [-0.2, -0.15) is 31.4 Å². The number of ether oxygens (including phenoxy) is 1. The lowest BCUT2D eigenvalue weighted by atomic mass is 10.1. The fraction of sp³-hybridized carbons (Fsp3) is 0.0714. The minimum Gasteiger partial charge on any atom is -0.457 e. The molecule has 0 unspecified atom stereocenters. The van der Waals surface area contributed by atoms with Crippen LogP contribution in [-0.2, 0) is 12.4 Å². The molecule has 8 nitrogen and oxygen atoms in total. The SMILES string of the molecule is O=C(Nc1ccc(Oc2ccnc(-c3nc4ccc(C(F)(F)F)cc4[nH]3)c2)cc1)c1n[nH]c2ccc(C(F)(F)F)cc12. The van der Waals surface area contributed by atoms with Crippen molar-refractivity contribution in [3.8, 4) is 23.0 Å². The Morgan fingerprint density at radius 1 is 0.786 bits per heavy atom. The number of benzene rings is 3. The Labute approximate surface area is 231 Å². The molecule has 0 aliphatic rings. The van der Waals surface area contributed by atoms with Crippen LogP contribution in [0.25, 0.3) is 33.5 Å². The molecular formula is C28H16F6N6O2. The van der Waals surface area contributed by atoms with E-state index in [4.69, 9.17) is 4.74 Å². The number of halogens is 6. The van der Waals surface area contributed by atoms with Gasteiger partial charge in [0.15, 0.2) is 11.5 Å². The number of fused-ring (bicyclic) bond motifs is 2. The molecule has 0 aliphatic heterocycles. The van der Waals surface area contributed by atoms with Gasteiger partial charge in [0.1, 0.15) is 17.2 Å². The summed E-state index contributed by atoms with van der Waals surface area (Å²) < 4.78 is 84.3. The van der Waals surface area contributed by atoms with Gasteiger partial charge in [0.05, 0.1) is 27.7 Å². The summed E-state index contributed by atoms with van der Waals surface area (Å²) in [5.41, 5.74) is -0.400. The minimum atomic E-state index is -4.57. The predicted octanol–water partition coefficient (Wildman–Crippen LogP) is 7.58. The largest absolute Gasteiger partial charge is 0.457 e. The molecule has 212 valence electrons. The third kappa shape index (κ3) is 5.33. The molecular weight excluding hydrogens is 566 g/mol. The van der Waals surface area contributed by atoms with Crippen LogP contribution < -0.4 is 10.1 Å². The first-order valence-electron chi connectivity index (χ1n) is 12.1. The van der Waals surface area contributed by atoms with Gasteiger partial charge in [-0.15, -0.1) is 0 Å². The van der Waals surface area contributed by atoms with E-state index in [0.717, 1.165) is 24.3 Å². The molecule has 0 fully saturated rings. The number of anilines is 1. The highest BCUT2D eigenvalue weighted by Gasteiger charge is 2.32. The molecule has 0 bridgehead atoms. The van der Waals surface area contributed by atoms with Gasteiger partial charge in [0, 0.05) is 23.3 Å². The number of pyridine rings is 1. The Bertz CT molecular complexity index is 1940. The van der Waals surface area contributed by atoms with Gasteiger partial charge in [0.2, 0.25) is 0 Å². The van der Waals surface area contributed by atoms with Crippen molar-refractivity contribution in [3.63, 3.8) is 0 Å². The highest BCUT2D eigenvalue weighted by molar-refractivity contribution is 6.11. The third-order valence-electron chi connectivity index (χ3n) is 6.24. The summed E-state index contributed by atoms with van der Waals surface area (Å²) in [5.74, 6) is 0.281. The summed E-state index contributed by atoms with van der Waals surface area (Å²) >= 11 is 0. The van der Waals surface area contributed by atoms with Crippen molar-refractivity contribution in [2.75, 3.05) is 5.32 Å². The zero-order valence-corrected chi connectivity index (χ0v) is 20.9. The molecule has 0 saturated carbocycles. The quantitative estimate of drug-likeness (QED) is 0.182. The molecule has 0 radical (unpaired) electrons. The Morgan fingerprint density at radius 2 is 1.50 bits per heavy atom. The predicted molar refractivity (Wildman–Crippen MR) is 140 cm³/mol. The molecule has 6 rings (SSSR count). The van der Waals surface area contributed by atoms with E-state index in [9.17, 15) is 31.1 Å². The maximum Gasteiger partial charge on any atom is 0.416 e. The Balaban J connectivity index is 1.16. The fourth-order valence-electron chi connectivity index (χ4n) is 4.21. The van der Waals surface area contributed by atoms with E-state index in [2.05, 4.69) is 30.5 Å². The van der Waals surface area contributed by atoms with E-state index in [0.29, 0.717) is 28.4 Å². The van der Waals surface area contributed by atoms with Crippen LogP contribution >= 0.6 is 0 Å². The van der Waals surface area contributed by atoms with Gasteiger partial charge >= 0.3 is 12.4 Å². The molecule has 42 heavy (non-hydrogen) atoms. The molecule has 0 atom stereocenters. The first kappa shape index (κ1) is 26.8. The molecule has 3 aromatic carbocycles. The molecule has 3 aromatic heterocycles. The van der Waals surface area contributed by atoms with Crippen LogP contribution in [0.5, 0.6) is 11.5 Å². The van der Waals surface area contributed by atoms with Crippen LogP contribution in [0.4, 0.5) is 32.0 Å². The number of nitrogens with zero attached hydrogens (tertiary/aromatic N) is 3. The summed E-state index contributed by atoms with van der Waals surface area (Å²) in [6.07, 6.45) is -7.61. The lowest BCUT2D eigenvalue weighted by Crippen LogP contribution is -2.13. The van der Waals surface area contributed by atoms with Gasteiger partial charge in [-0.05, 0) is 66.7 Å². The van der Waals surface area contributed by atoms with E-state index >= 15 is 0 Å². The van der Waals surface area contributed by atoms with Crippen LogP contribution in [0.3, 0.4) is 0 Å². The number of carbonyl (C=O) groups excluding carboxylic acids is 1. The Morgan fingerprint density at radius 3 is 2.24 bits per heavy atom. The second-order valence-electron chi connectivity index (χ2n) is 9.10. The normalized spacial score (nSPS) is 12.1. The standard InChI is InChI=1S/C28H16F6N6O2/c29-27(30,31)14-1-7-20-19(11-14)24(40-39-20)26(41)36-16-3-5-17(6-4-16)42-18-9-10-35-23(13-18)25-37-21-8-2-15(28(32,33)34)12-22(21)38-25/h1-13H,(H,36,41)(H,37,38)(H,39,40). The number of H-pyrrole nitrogens is 2. The number of rotatable bonds is 5. The van der Waals surface area contributed by atoms with Crippen molar-refractivity contribution in [3.05, 3.63) is 95.8 Å². The summed E-state index contributed by atoms with van der Waals surface area (Å²) in [6.45, 7) is 0. The maximum absolute atomic E-state index is 13.1. The lowest BCUT2D eigenvalue weighted by Gasteiger charge is -2.09. The summed E-state index contributed by atoms with van der Waals surface area (Å²) in [7, 11) is 0. The fourth-order valence-corrected chi connectivity index (χ4v) is 4.21. The number of amides is 1. The first-order valence-corrected chi connectivity index (χ1v) is 12.1. The van der Waals surface area contributed by atoms with Crippen molar-refractivity contribution < 1.29 is 35.9 Å². The average molecular weight is 582 g/mol. The highest BCUT2D eigenvalue weighted by Crippen LogP contribution is 2.33. The van der Waals surface area contributed by atoms with E-state index in [1.165, 1.54) is 30.5 Å². The van der Waals surface area contributed by atoms with Gasteiger partial charge in [-0.3, -0.25) is 14.9 Å². The number of hydrogen-bond donors (Lipinski definition) is 3. The molecule has 1 amide bonds. The Kier molecular flexibility index (Phi) is 6.32. The number of aromatic amines is 2. The molecule has 0 saturated heterocycles. The highest BCUT2D eigenvalue weighted by atomic mass is 19.4. The van der Waals surface area contributed by atoms with Crippen molar-refractivity contribution >= 4 is 33.5 Å². The first-order chi connectivity index (χ1) is 19.9. The average Bonchev–Trinajstić information content (AvgIpc) is 3.57. The van der Waals surface area contributed by atoms with Gasteiger partial charge < -0.3 is 15.0 Å². The van der Waals surface area contributed by atoms with Gasteiger partial charge in [0.25, 0.3) is 5.91 Å². The van der Waals surface area contributed by atoms with Crippen molar-refractivity contribution in [2.45, 2.75) is 12.4 Å². The number of alkyl halides is 6. The van der Waals surface area contributed by atoms with Crippen molar-refractivity contribution in [2.24, 2.45) is 0 Å². The van der Waals surface area contributed by atoms with E-state index in [1.807, 2.05) is 0 Å². The summed E-state index contributed by atoms with van der Waals surface area (Å²) in [4.78, 5) is 24.1. The smallest absolute Gasteiger partial charge is 0.416 e. The van der Waals surface area contributed by atoms with Gasteiger partial charge in [-0.25, -0.2) is 4.98 Å². The number of hydrogen-bond acceptors (Lipinski definition) is 5. The topological polar surface area (TPSA) is 109 Å². The van der Waals surface area contributed by atoms with Crippen LogP contribution in [0.15, 0.2) is 79.0 Å². The number of aromatic nitrogens is 5. The molecule has 0 aliphatic carbocycles. The number of imidazole rings is 1. The summed E-state index contributed by atoms with van der Waals surface area (Å²) in [6, 6.07) is 15.5. The van der Waals surface area contributed by atoms with Crippen molar-refractivity contribution in [1.82, 2.24) is 25.1 Å². The number of carbonyl (C=O) groups is 1. The zero-order chi connectivity index (χ0) is 29.6. The minimum absolute atomic E-state index is 0.0287. The number of nitrogens with one attached hydrogen (secondary N) is 3. The van der Waals surface area contributed by atoms with E-state index < -0.39 is 29.4 Å². The monoisotopic (exact) mass is 582 g/mol. The molecule has 0 spiro atoms. The second-order valence-corrected chi connectivity index (χ2v) is 9.10. The van der Waals surface area contributed by atoms with Crippen LogP contribution in [0, 0.1) is 0 Å². The second kappa shape index (κ2) is 9.90. The summed E-state index contributed by atoms with van der Waals surface area (Å²) in [5, 5.41) is 9.02. The Hall–Kier alpha value is -5.40. The third-order valence-corrected chi connectivity index (χ3v) is 6.24. The van der Waals surface area contributed by atoms with Crippen LogP contribution in [0.2, 0.25) is 0 Å². The molecule has 3 heterocycles. The molecule has 14 heteroatoms. The molecule has 3 N–H and O–H groups in total.